The number of nitrogens with zero attached hydrogens (tertiary/aromatic N) is 2. The van der Waals surface area contributed by atoms with Crippen LogP contribution >= 0.6 is 0 Å². The predicted molar refractivity (Wildman–Crippen MR) is 148 cm³/mol. The van der Waals surface area contributed by atoms with E-state index < -0.39 is 23.2 Å². The zero-order valence-electron chi connectivity index (χ0n) is 21.9. The summed E-state index contributed by atoms with van der Waals surface area (Å²) in [6.07, 6.45) is 0. The van der Waals surface area contributed by atoms with Crippen LogP contribution in [0.4, 0.5) is 10.2 Å². The monoisotopic (exact) mass is 536 g/mol. The van der Waals surface area contributed by atoms with Crippen molar-refractivity contribution in [3.8, 4) is 11.5 Å². The molecule has 0 bridgehead atoms. The first kappa shape index (κ1) is 25.3. The van der Waals surface area contributed by atoms with Gasteiger partial charge < -0.3 is 13.9 Å². The summed E-state index contributed by atoms with van der Waals surface area (Å²) in [5.41, 5.74) is 2.06. The molecular formula is C32H25FN2O5. The summed E-state index contributed by atoms with van der Waals surface area (Å²) in [7, 11) is 0. The fraction of sp³-hybridized carbons (Fsp3) is 0.156. The number of hydrogen-bond acceptors (Lipinski definition) is 6. The van der Waals surface area contributed by atoms with Crippen molar-refractivity contribution in [2.75, 3.05) is 11.5 Å². The quantitative estimate of drug-likeness (QED) is 0.241. The molecular weight excluding hydrogens is 511 g/mol. The highest BCUT2D eigenvalue weighted by atomic mass is 19.1. The van der Waals surface area contributed by atoms with E-state index in [0.717, 1.165) is 11.6 Å². The smallest absolute Gasteiger partial charge is 0.296 e. The number of halogens is 1. The zero-order chi connectivity index (χ0) is 27.8. The van der Waals surface area contributed by atoms with Gasteiger partial charge in [-0.3, -0.25) is 14.5 Å². The minimum absolute atomic E-state index is 0.0587. The minimum atomic E-state index is -0.886. The number of carbonyl (C=O) groups is 1. The van der Waals surface area contributed by atoms with Gasteiger partial charge in [-0.05, 0) is 67.4 Å². The number of benzene rings is 3. The van der Waals surface area contributed by atoms with Crippen molar-refractivity contribution >= 4 is 22.7 Å². The van der Waals surface area contributed by atoms with Gasteiger partial charge >= 0.3 is 0 Å². The van der Waals surface area contributed by atoms with Gasteiger partial charge in [-0.1, -0.05) is 42.5 Å². The molecule has 0 radical (unpaired) electrons. The number of anilines is 1. The molecule has 8 heteroatoms. The normalized spacial score (nSPS) is 14.4. The number of fused-ring (bicyclic) bond motifs is 2. The minimum Gasteiger partial charge on any atom is -0.490 e. The van der Waals surface area contributed by atoms with Gasteiger partial charge in [-0.2, -0.15) is 0 Å². The number of amides is 1. The lowest BCUT2D eigenvalue weighted by Crippen LogP contribution is -2.30. The van der Waals surface area contributed by atoms with Gasteiger partial charge in [0.2, 0.25) is 5.76 Å². The molecule has 3 heterocycles. The van der Waals surface area contributed by atoms with Crippen LogP contribution in [0.1, 0.15) is 45.9 Å². The largest absolute Gasteiger partial charge is 0.490 e. The highest BCUT2D eigenvalue weighted by Crippen LogP contribution is 2.43. The first-order valence-corrected chi connectivity index (χ1v) is 12.9. The Kier molecular flexibility index (Phi) is 6.51. The van der Waals surface area contributed by atoms with Crippen LogP contribution in [0.3, 0.4) is 0 Å². The van der Waals surface area contributed by atoms with E-state index in [4.69, 9.17) is 13.9 Å². The summed E-state index contributed by atoms with van der Waals surface area (Å²) < 4.78 is 32.1. The van der Waals surface area contributed by atoms with E-state index in [1.54, 1.807) is 30.3 Å². The fourth-order valence-corrected chi connectivity index (χ4v) is 4.98. The van der Waals surface area contributed by atoms with Crippen molar-refractivity contribution in [3.63, 3.8) is 0 Å². The molecule has 7 nitrogen and oxygen atoms in total. The Morgan fingerprint density at radius 2 is 1.75 bits per heavy atom. The Bertz CT molecular complexity index is 1800. The van der Waals surface area contributed by atoms with Gasteiger partial charge in [0.05, 0.1) is 23.6 Å². The molecule has 1 aliphatic rings. The van der Waals surface area contributed by atoms with E-state index in [1.165, 1.54) is 17.0 Å². The molecule has 1 atom stereocenters. The number of ether oxygens (including phenoxy) is 2. The van der Waals surface area contributed by atoms with Crippen molar-refractivity contribution in [3.05, 3.63) is 129 Å². The number of rotatable bonds is 7. The first-order valence-electron chi connectivity index (χ1n) is 12.9. The van der Waals surface area contributed by atoms with Crippen LogP contribution < -0.4 is 19.8 Å². The third kappa shape index (κ3) is 4.47. The fourth-order valence-electron chi connectivity index (χ4n) is 4.98. The highest BCUT2D eigenvalue weighted by molar-refractivity contribution is 6.10. The molecule has 40 heavy (non-hydrogen) atoms. The lowest BCUT2D eigenvalue weighted by molar-refractivity contribution is 0.0970. The molecule has 0 N–H and O–H groups in total. The zero-order valence-corrected chi connectivity index (χ0v) is 21.9. The first-order chi connectivity index (χ1) is 19.4. The van der Waals surface area contributed by atoms with Crippen LogP contribution in [0.25, 0.3) is 11.0 Å². The standard InChI is InChI=1S/C32H25FN2O5/c1-3-38-26-16-21(12-14-25(26)39-18-20-9-5-4-6-10-20)29-28-30(36)23-17-22(33)13-15-24(23)40-31(28)32(37)35(29)27-11-7-8-19(2)34-27/h4-17,29H,3,18H2,1-2H3. The van der Waals surface area contributed by atoms with E-state index >= 15 is 0 Å². The van der Waals surface area contributed by atoms with Gasteiger partial charge in [-0.25, -0.2) is 9.37 Å². The maximum Gasteiger partial charge on any atom is 0.296 e. The second-order valence-electron chi connectivity index (χ2n) is 9.44. The van der Waals surface area contributed by atoms with Crippen molar-refractivity contribution in [2.24, 2.45) is 0 Å². The number of aryl methyl sites for hydroxylation is 1. The number of hydrogen-bond donors (Lipinski definition) is 0. The van der Waals surface area contributed by atoms with Gasteiger partial charge in [0.15, 0.2) is 16.9 Å². The molecule has 0 fully saturated rings. The molecule has 0 spiro atoms. The molecule has 200 valence electrons. The van der Waals surface area contributed by atoms with Gasteiger partial charge in [0, 0.05) is 5.69 Å². The molecule has 5 aromatic rings. The van der Waals surface area contributed by atoms with Crippen LogP contribution in [0, 0.1) is 12.7 Å². The molecule has 0 saturated carbocycles. The Balaban J connectivity index is 1.51. The van der Waals surface area contributed by atoms with Crippen molar-refractivity contribution < 1.29 is 23.1 Å². The summed E-state index contributed by atoms with van der Waals surface area (Å²) in [4.78, 5) is 33.6. The molecule has 2 aromatic heterocycles. The van der Waals surface area contributed by atoms with E-state index in [0.29, 0.717) is 41.8 Å². The Hall–Kier alpha value is -4.98. The van der Waals surface area contributed by atoms with E-state index in [9.17, 15) is 14.0 Å². The van der Waals surface area contributed by atoms with Crippen LogP contribution in [0.5, 0.6) is 11.5 Å². The molecule has 0 saturated heterocycles. The summed E-state index contributed by atoms with van der Waals surface area (Å²) in [5.74, 6) is 0.162. The average molecular weight is 537 g/mol. The van der Waals surface area contributed by atoms with Gasteiger partial charge in [0.1, 0.15) is 23.8 Å². The number of aromatic nitrogens is 1. The Morgan fingerprint density at radius 1 is 0.925 bits per heavy atom. The number of pyridine rings is 1. The van der Waals surface area contributed by atoms with E-state index in [1.807, 2.05) is 50.2 Å². The third-order valence-corrected chi connectivity index (χ3v) is 6.77. The van der Waals surface area contributed by atoms with Gasteiger partial charge in [0.25, 0.3) is 5.91 Å². The maximum atomic E-state index is 14.1. The topological polar surface area (TPSA) is 81.9 Å². The summed E-state index contributed by atoms with van der Waals surface area (Å²) >= 11 is 0. The van der Waals surface area contributed by atoms with E-state index in [-0.39, 0.29) is 22.3 Å². The van der Waals surface area contributed by atoms with Crippen LogP contribution in [0.15, 0.2) is 94.1 Å². The third-order valence-electron chi connectivity index (χ3n) is 6.77. The van der Waals surface area contributed by atoms with E-state index in [2.05, 4.69) is 4.98 Å². The summed E-state index contributed by atoms with van der Waals surface area (Å²) in [5, 5.41) is 0.0587. The van der Waals surface area contributed by atoms with Crippen molar-refractivity contribution in [2.45, 2.75) is 26.5 Å². The lowest BCUT2D eigenvalue weighted by Gasteiger charge is -2.25. The van der Waals surface area contributed by atoms with Crippen LogP contribution in [-0.4, -0.2) is 17.5 Å². The van der Waals surface area contributed by atoms with Crippen LogP contribution in [0.2, 0.25) is 0 Å². The van der Waals surface area contributed by atoms with Crippen LogP contribution in [-0.2, 0) is 6.61 Å². The van der Waals surface area contributed by atoms with Crippen molar-refractivity contribution in [1.82, 2.24) is 4.98 Å². The Labute approximate surface area is 229 Å². The molecule has 3 aromatic carbocycles. The molecule has 1 unspecified atom stereocenters. The SMILES string of the molecule is CCOc1cc(C2c3c(oc4ccc(F)cc4c3=O)C(=O)N2c2cccc(C)n2)ccc1OCc1ccccc1. The predicted octanol–water partition coefficient (Wildman–Crippen LogP) is 6.36. The summed E-state index contributed by atoms with van der Waals surface area (Å²) in [6, 6.07) is 23.2. The average Bonchev–Trinajstić information content (AvgIpc) is 3.25. The van der Waals surface area contributed by atoms with Crippen molar-refractivity contribution in [1.29, 1.82) is 0 Å². The molecule has 1 amide bonds. The Morgan fingerprint density at radius 3 is 2.52 bits per heavy atom. The highest BCUT2D eigenvalue weighted by Gasteiger charge is 2.44. The molecule has 6 rings (SSSR count). The van der Waals surface area contributed by atoms with Gasteiger partial charge in [-0.15, -0.1) is 0 Å². The molecule has 0 aliphatic carbocycles. The molecule has 1 aliphatic heterocycles. The summed E-state index contributed by atoms with van der Waals surface area (Å²) in [6.45, 7) is 4.39. The number of carbonyl (C=O) groups excluding carboxylic acids is 1. The second-order valence-corrected chi connectivity index (χ2v) is 9.44. The maximum absolute atomic E-state index is 14.1. The second kappa shape index (κ2) is 10.3. The lowest BCUT2D eigenvalue weighted by atomic mass is 9.98.